The third-order valence-electron chi connectivity index (χ3n) is 6.01. The monoisotopic (exact) mass is 407 g/mol. The minimum atomic E-state index is -0.908. The average Bonchev–Trinajstić information content (AvgIpc) is 3.38. The number of hydrogen-bond donors (Lipinski definition) is 2. The number of pyridine rings is 1. The largest absolute Gasteiger partial charge is 0.478 e. The first kappa shape index (κ1) is 20.2. The van der Waals surface area contributed by atoms with Crippen molar-refractivity contribution in [3.8, 4) is 0 Å². The number of aryl methyl sites for hydroxylation is 1. The Hall–Kier alpha value is -3.06. The maximum absolute atomic E-state index is 12.1. The van der Waals surface area contributed by atoms with E-state index in [0.717, 1.165) is 31.2 Å². The summed E-state index contributed by atoms with van der Waals surface area (Å²) in [6, 6.07) is 10.5. The minimum Gasteiger partial charge on any atom is -0.478 e. The van der Waals surface area contributed by atoms with E-state index in [0.29, 0.717) is 17.0 Å². The fourth-order valence-electron chi connectivity index (χ4n) is 4.43. The van der Waals surface area contributed by atoms with E-state index in [9.17, 15) is 9.59 Å². The van der Waals surface area contributed by atoms with Crippen molar-refractivity contribution in [1.82, 2.24) is 10.4 Å². The molecule has 3 heterocycles. The van der Waals surface area contributed by atoms with E-state index >= 15 is 0 Å². The van der Waals surface area contributed by atoms with E-state index in [2.05, 4.69) is 15.5 Å². The number of ketones is 1. The lowest BCUT2D eigenvalue weighted by Crippen LogP contribution is -2.30. The van der Waals surface area contributed by atoms with Gasteiger partial charge in [0.05, 0.1) is 24.3 Å². The molecule has 2 aromatic rings. The number of nitrogens with one attached hydrogen (secondary N) is 1. The summed E-state index contributed by atoms with van der Waals surface area (Å²) in [5.74, 6) is -0.356. The molecule has 30 heavy (non-hydrogen) atoms. The molecule has 0 radical (unpaired) electrons. The zero-order chi connectivity index (χ0) is 20.9. The van der Waals surface area contributed by atoms with Gasteiger partial charge in [-0.25, -0.2) is 4.79 Å². The Kier molecular flexibility index (Phi) is 6.18. The van der Waals surface area contributed by atoms with Gasteiger partial charge in [0.25, 0.3) is 0 Å². The van der Waals surface area contributed by atoms with Crippen molar-refractivity contribution in [2.45, 2.75) is 37.9 Å². The van der Waals surface area contributed by atoms with Crippen LogP contribution < -0.4 is 5.43 Å². The van der Waals surface area contributed by atoms with Gasteiger partial charge in [0.1, 0.15) is 0 Å². The number of rotatable bonds is 9. The number of carbonyl (C=O) groups excluding carboxylic acids is 1. The van der Waals surface area contributed by atoms with Crippen LogP contribution in [0.4, 0.5) is 0 Å². The third kappa shape index (κ3) is 4.57. The topological polar surface area (TPSA) is 101 Å². The molecule has 0 amide bonds. The fraction of sp³-hybridized carbons (Fsp3) is 0.391. The van der Waals surface area contributed by atoms with E-state index in [1.165, 1.54) is 0 Å². The van der Waals surface area contributed by atoms with Crippen molar-refractivity contribution in [2.24, 2.45) is 16.9 Å². The Morgan fingerprint density at radius 3 is 2.70 bits per heavy atom. The number of hydrogen-bond acceptors (Lipinski definition) is 6. The highest BCUT2D eigenvalue weighted by molar-refractivity contribution is 5.97. The van der Waals surface area contributed by atoms with Crippen LogP contribution in [0, 0.1) is 11.8 Å². The van der Waals surface area contributed by atoms with Gasteiger partial charge in [-0.15, -0.1) is 0 Å². The third-order valence-corrected chi connectivity index (χ3v) is 6.01. The van der Waals surface area contributed by atoms with Crippen LogP contribution in [0.15, 0.2) is 53.9 Å². The molecule has 4 rings (SSSR count). The molecule has 156 valence electrons. The maximum atomic E-state index is 12.1. The summed E-state index contributed by atoms with van der Waals surface area (Å²) < 4.78 is 6.11. The van der Waals surface area contributed by atoms with E-state index in [1.807, 2.05) is 18.3 Å². The number of carbonyl (C=O) groups is 2. The summed E-state index contributed by atoms with van der Waals surface area (Å²) in [7, 11) is 0. The van der Waals surface area contributed by atoms with Gasteiger partial charge in [0.2, 0.25) is 0 Å². The lowest BCUT2D eigenvalue weighted by atomic mass is 9.77. The summed E-state index contributed by atoms with van der Waals surface area (Å²) in [5.41, 5.74) is 4.86. The first-order valence-electron chi connectivity index (χ1n) is 10.3. The highest BCUT2D eigenvalue weighted by atomic mass is 16.5. The lowest BCUT2D eigenvalue weighted by Gasteiger charge is -2.25. The number of carboxylic acid groups (broad SMARTS) is 1. The van der Waals surface area contributed by atoms with Gasteiger partial charge in [0.15, 0.2) is 5.78 Å². The molecule has 2 N–H and O–H groups in total. The van der Waals surface area contributed by atoms with E-state index in [4.69, 9.17) is 9.84 Å². The van der Waals surface area contributed by atoms with Gasteiger partial charge in [-0.1, -0.05) is 12.1 Å². The molecular formula is C23H25N3O4. The molecule has 0 aliphatic carbocycles. The maximum Gasteiger partial charge on any atom is 0.335 e. The number of ether oxygens (including phenoxy) is 1. The summed E-state index contributed by atoms with van der Waals surface area (Å²) in [6.07, 6.45) is 9.47. The number of hydrazone groups is 1. The summed E-state index contributed by atoms with van der Waals surface area (Å²) >= 11 is 0. The molecule has 0 spiro atoms. The van der Waals surface area contributed by atoms with Gasteiger partial charge < -0.3 is 15.3 Å². The van der Waals surface area contributed by atoms with Crippen molar-refractivity contribution in [1.29, 1.82) is 0 Å². The summed E-state index contributed by atoms with van der Waals surface area (Å²) in [5, 5.41) is 13.3. The van der Waals surface area contributed by atoms with Crippen LogP contribution in [-0.4, -0.2) is 46.8 Å². The zero-order valence-corrected chi connectivity index (χ0v) is 16.6. The minimum absolute atomic E-state index is 0.0502. The first-order chi connectivity index (χ1) is 14.6. The number of carboxylic acids is 1. The Balaban J connectivity index is 1.31. The van der Waals surface area contributed by atoms with Crippen LogP contribution in [0.25, 0.3) is 0 Å². The Morgan fingerprint density at radius 1 is 1.17 bits per heavy atom. The Labute approximate surface area is 175 Å². The fourth-order valence-corrected chi connectivity index (χ4v) is 4.43. The second-order valence-corrected chi connectivity index (χ2v) is 7.85. The van der Waals surface area contributed by atoms with Gasteiger partial charge in [-0.2, -0.15) is 5.10 Å². The molecule has 7 heteroatoms. The highest BCUT2D eigenvalue weighted by Crippen LogP contribution is 2.44. The number of nitrogens with zero attached hydrogens (tertiary/aromatic N) is 2. The molecule has 2 fully saturated rings. The van der Waals surface area contributed by atoms with Crippen molar-refractivity contribution >= 4 is 18.0 Å². The second-order valence-electron chi connectivity index (χ2n) is 7.85. The number of aromatic carboxylic acids is 1. The van der Waals surface area contributed by atoms with Crippen molar-refractivity contribution in [3.05, 3.63) is 65.5 Å². The predicted molar refractivity (Wildman–Crippen MR) is 112 cm³/mol. The quantitative estimate of drug-likeness (QED) is 0.377. The molecule has 2 saturated heterocycles. The van der Waals surface area contributed by atoms with E-state index in [1.54, 1.807) is 36.7 Å². The highest BCUT2D eigenvalue weighted by Gasteiger charge is 2.47. The van der Waals surface area contributed by atoms with Crippen molar-refractivity contribution in [3.63, 3.8) is 0 Å². The van der Waals surface area contributed by atoms with Gasteiger partial charge in [-0.05, 0) is 61.4 Å². The van der Waals surface area contributed by atoms with Crippen LogP contribution in [0.5, 0.6) is 0 Å². The zero-order valence-electron chi connectivity index (χ0n) is 16.6. The van der Waals surface area contributed by atoms with Crippen molar-refractivity contribution in [2.75, 3.05) is 6.54 Å². The predicted octanol–water partition coefficient (Wildman–Crippen LogP) is 2.96. The van der Waals surface area contributed by atoms with Crippen LogP contribution in [0.1, 0.15) is 45.5 Å². The Morgan fingerprint density at radius 2 is 1.97 bits per heavy atom. The number of fused-ring (bicyclic) bond motifs is 2. The number of aromatic nitrogens is 1. The molecule has 1 aromatic heterocycles. The molecule has 2 aliphatic rings. The first-order valence-corrected chi connectivity index (χ1v) is 10.3. The lowest BCUT2D eigenvalue weighted by molar-refractivity contribution is 0.0696. The molecule has 2 bridgehead atoms. The van der Waals surface area contributed by atoms with Gasteiger partial charge >= 0.3 is 5.97 Å². The molecule has 4 unspecified atom stereocenters. The van der Waals surface area contributed by atoms with E-state index < -0.39 is 5.97 Å². The SMILES string of the molecule is O=C(O)c1ccc(CCC2C3CCC(O3)C2/C=N/NCC(=O)c2cccnc2)cc1. The number of Topliss-reactive ketones (excluding diaryl/α,β-unsaturated/α-hetero) is 1. The number of benzene rings is 1. The molecule has 7 nitrogen and oxygen atoms in total. The molecule has 1 aromatic carbocycles. The Bertz CT molecular complexity index is 914. The van der Waals surface area contributed by atoms with Crippen molar-refractivity contribution < 1.29 is 19.4 Å². The van der Waals surface area contributed by atoms with Crippen LogP contribution in [0.3, 0.4) is 0 Å². The molecule has 0 saturated carbocycles. The van der Waals surface area contributed by atoms with Crippen LogP contribution in [0.2, 0.25) is 0 Å². The second kappa shape index (κ2) is 9.17. The smallest absolute Gasteiger partial charge is 0.335 e. The average molecular weight is 407 g/mol. The van der Waals surface area contributed by atoms with E-state index in [-0.39, 0.29) is 30.5 Å². The summed E-state index contributed by atoms with van der Waals surface area (Å²) in [4.78, 5) is 27.1. The van der Waals surface area contributed by atoms with Gasteiger partial charge in [-0.3, -0.25) is 9.78 Å². The molecular weight excluding hydrogens is 382 g/mol. The standard InChI is InChI=1S/C23H25N3O4/c27-20(17-2-1-11-24-12-17)14-26-25-13-19-18(21-9-10-22(19)30-21)8-5-15-3-6-16(7-4-15)23(28)29/h1-4,6-7,11-13,18-19,21-22,26H,5,8-10,14H2,(H,28,29)/b25-13+. The van der Waals surface area contributed by atoms with Crippen LogP contribution >= 0.6 is 0 Å². The normalized spacial score (nSPS) is 24.9. The summed E-state index contributed by atoms with van der Waals surface area (Å²) in [6.45, 7) is 0.129. The molecule has 2 aliphatic heterocycles. The van der Waals surface area contributed by atoms with Gasteiger partial charge in [0, 0.05) is 30.1 Å². The molecule has 4 atom stereocenters. The van der Waals surface area contributed by atoms with Crippen LogP contribution in [-0.2, 0) is 11.2 Å².